The molecule has 10 heteroatoms. The van der Waals surface area contributed by atoms with Crippen molar-refractivity contribution < 1.29 is 9.47 Å². The molecule has 2 aliphatic heterocycles. The first-order valence-corrected chi connectivity index (χ1v) is 15.1. The number of aromatic nitrogens is 2. The van der Waals surface area contributed by atoms with E-state index in [-0.39, 0.29) is 0 Å². The Morgan fingerprint density at radius 1 is 0.977 bits per heavy atom. The van der Waals surface area contributed by atoms with Crippen molar-refractivity contribution in [3.8, 4) is 29.4 Å². The van der Waals surface area contributed by atoms with Crippen molar-refractivity contribution in [3.63, 3.8) is 0 Å². The Balaban J connectivity index is 1.26. The number of anilines is 2. The molecule has 0 unspecified atom stereocenters. The van der Waals surface area contributed by atoms with E-state index in [1.807, 2.05) is 24.3 Å². The summed E-state index contributed by atoms with van der Waals surface area (Å²) in [5.74, 6) is 7.44. The van der Waals surface area contributed by atoms with E-state index < -0.39 is 0 Å². The quantitative estimate of drug-likeness (QED) is 0.243. The summed E-state index contributed by atoms with van der Waals surface area (Å²) in [7, 11) is 5.32. The van der Waals surface area contributed by atoms with Gasteiger partial charge in [0.05, 0.1) is 58.0 Å². The van der Waals surface area contributed by atoms with Crippen molar-refractivity contribution in [2.45, 2.75) is 19.4 Å². The van der Waals surface area contributed by atoms with E-state index in [1.54, 1.807) is 19.2 Å². The molecular formula is C34H32Cl2N6O2. The second-order valence-corrected chi connectivity index (χ2v) is 12.3. The van der Waals surface area contributed by atoms with Gasteiger partial charge in [0.15, 0.2) is 0 Å². The predicted octanol–water partition coefficient (Wildman–Crippen LogP) is 6.50. The summed E-state index contributed by atoms with van der Waals surface area (Å²) in [6.45, 7) is 5.48. The van der Waals surface area contributed by atoms with Gasteiger partial charge in [-0.1, -0.05) is 35.2 Å². The minimum absolute atomic E-state index is 0.341. The fourth-order valence-electron chi connectivity index (χ4n) is 6.22. The number of rotatable bonds is 6. The largest absolute Gasteiger partial charge is 0.495 e. The standard InChI is InChI=1S/C34H32Cl2N6O2/c1-41-20-34(21-41)9-11-42(12-10-34)19-25-6-4-5-24(39-25)8-7-22-13-29-26(14-31(22)43-2)33(23(17-37)18-38-29)40-30-16-32(44-3)28(36)15-27(30)35/h4-6,13-16,18H,9-12,19-21H2,1-3H3,(H,38,40). The molecule has 4 aromatic rings. The van der Waals surface area contributed by atoms with Crippen molar-refractivity contribution in [2.24, 2.45) is 5.41 Å². The smallest absolute Gasteiger partial charge is 0.139 e. The van der Waals surface area contributed by atoms with Gasteiger partial charge in [-0.05, 0) is 74.6 Å². The van der Waals surface area contributed by atoms with Gasteiger partial charge in [0.25, 0.3) is 0 Å². The van der Waals surface area contributed by atoms with Crippen LogP contribution >= 0.6 is 23.2 Å². The zero-order valence-electron chi connectivity index (χ0n) is 24.9. The first kappa shape index (κ1) is 30.0. The van der Waals surface area contributed by atoms with Crippen LogP contribution in [0.1, 0.15) is 35.4 Å². The maximum Gasteiger partial charge on any atom is 0.139 e. The molecule has 0 atom stereocenters. The summed E-state index contributed by atoms with van der Waals surface area (Å²) in [5, 5.41) is 14.6. The van der Waals surface area contributed by atoms with Crippen LogP contribution in [0.4, 0.5) is 11.4 Å². The van der Waals surface area contributed by atoms with Gasteiger partial charge >= 0.3 is 0 Å². The van der Waals surface area contributed by atoms with Crippen molar-refractivity contribution in [1.29, 1.82) is 5.26 Å². The van der Waals surface area contributed by atoms with Gasteiger partial charge in [-0.2, -0.15) is 5.26 Å². The minimum atomic E-state index is 0.341. The van der Waals surface area contributed by atoms with Gasteiger partial charge in [-0.15, -0.1) is 0 Å². The number of ether oxygens (including phenoxy) is 2. The lowest BCUT2D eigenvalue weighted by Gasteiger charge is -2.53. The van der Waals surface area contributed by atoms with Crippen LogP contribution in [0.5, 0.6) is 11.5 Å². The zero-order chi connectivity index (χ0) is 30.8. The van der Waals surface area contributed by atoms with E-state index in [1.165, 1.54) is 39.2 Å². The van der Waals surface area contributed by atoms with Crippen molar-refractivity contribution in [3.05, 3.63) is 81.2 Å². The molecule has 8 nitrogen and oxygen atoms in total. The average molecular weight is 628 g/mol. The van der Waals surface area contributed by atoms with E-state index in [2.05, 4.69) is 51.1 Å². The van der Waals surface area contributed by atoms with Crippen LogP contribution in [-0.4, -0.2) is 67.2 Å². The number of pyridine rings is 2. The van der Waals surface area contributed by atoms with Crippen LogP contribution < -0.4 is 14.8 Å². The van der Waals surface area contributed by atoms with Crippen LogP contribution in [0.2, 0.25) is 10.0 Å². The molecule has 6 rings (SSSR count). The molecule has 1 N–H and O–H groups in total. The van der Waals surface area contributed by atoms with Crippen molar-refractivity contribution >= 4 is 45.5 Å². The first-order valence-electron chi connectivity index (χ1n) is 14.4. The minimum Gasteiger partial charge on any atom is -0.495 e. The monoisotopic (exact) mass is 626 g/mol. The highest BCUT2D eigenvalue weighted by Crippen LogP contribution is 2.40. The zero-order valence-corrected chi connectivity index (χ0v) is 26.4. The Kier molecular flexibility index (Phi) is 8.53. The molecule has 2 aromatic carbocycles. The van der Waals surface area contributed by atoms with E-state index >= 15 is 0 Å². The lowest BCUT2D eigenvalue weighted by atomic mass is 9.72. The van der Waals surface area contributed by atoms with E-state index in [9.17, 15) is 5.26 Å². The second-order valence-electron chi connectivity index (χ2n) is 11.5. The lowest BCUT2D eigenvalue weighted by Crippen LogP contribution is -2.58. The van der Waals surface area contributed by atoms with Crippen molar-refractivity contribution in [1.82, 2.24) is 19.8 Å². The lowest BCUT2D eigenvalue weighted by molar-refractivity contribution is -0.0331. The van der Waals surface area contributed by atoms with Crippen LogP contribution in [0.25, 0.3) is 10.9 Å². The Morgan fingerprint density at radius 2 is 1.75 bits per heavy atom. The van der Waals surface area contributed by atoms with E-state index in [4.69, 9.17) is 37.7 Å². The fraction of sp³-hybridized carbons (Fsp3) is 0.324. The number of benzene rings is 2. The number of hydrogen-bond acceptors (Lipinski definition) is 8. The third-order valence-electron chi connectivity index (χ3n) is 8.46. The number of piperidine rings is 1. The molecule has 2 aliphatic rings. The highest BCUT2D eigenvalue weighted by molar-refractivity contribution is 6.37. The summed E-state index contributed by atoms with van der Waals surface area (Å²) in [5.41, 5.74) is 4.94. The normalized spacial score (nSPS) is 16.1. The fourth-order valence-corrected chi connectivity index (χ4v) is 6.73. The SMILES string of the molecule is COc1cc(Nc2c(C#N)cnc3cc(C#Cc4cccc(CN5CCC6(CC5)CN(C)C6)n4)c(OC)cc23)c(Cl)cc1Cl. The molecule has 0 bridgehead atoms. The predicted molar refractivity (Wildman–Crippen MR) is 174 cm³/mol. The molecule has 1 spiro atoms. The summed E-state index contributed by atoms with van der Waals surface area (Å²) < 4.78 is 11.1. The summed E-state index contributed by atoms with van der Waals surface area (Å²) in [6.07, 6.45) is 4.02. The summed E-state index contributed by atoms with van der Waals surface area (Å²) in [6, 6.07) is 15.1. The Hall–Kier alpha value is -4.05. The Morgan fingerprint density at radius 3 is 2.45 bits per heavy atom. The average Bonchev–Trinajstić information content (AvgIpc) is 3.01. The number of halogens is 2. The third-order valence-corrected chi connectivity index (χ3v) is 9.06. The highest BCUT2D eigenvalue weighted by atomic mass is 35.5. The van der Waals surface area contributed by atoms with Gasteiger partial charge in [-0.25, -0.2) is 4.98 Å². The maximum absolute atomic E-state index is 9.86. The number of fused-ring (bicyclic) bond motifs is 1. The third kappa shape index (κ3) is 6.13. The second kappa shape index (κ2) is 12.5. The first-order chi connectivity index (χ1) is 21.3. The Labute approximate surface area is 267 Å². The molecule has 0 radical (unpaired) electrons. The molecule has 4 heterocycles. The maximum atomic E-state index is 9.86. The number of likely N-dealkylation sites (tertiary alicyclic amines) is 2. The highest BCUT2D eigenvalue weighted by Gasteiger charge is 2.42. The number of nitriles is 1. The summed E-state index contributed by atoms with van der Waals surface area (Å²) in [4.78, 5) is 14.3. The van der Waals surface area contributed by atoms with Crippen LogP contribution in [0.3, 0.4) is 0 Å². The molecule has 2 aromatic heterocycles. The van der Waals surface area contributed by atoms with Crippen LogP contribution in [-0.2, 0) is 6.54 Å². The Bertz CT molecular complexity index is 1830. The van der Waals surface area contributed by atoms with Gasteiger partial charge < -0.3 is 19.7 Å². The van der Waals surface area contributed by atoms with Gasteiger partial charge in [-0.3, -0.25) is 9.88 Å². The van der Waals surface area contributed by atoms with E-state index in [0.717, 1.165) is 25.3 Å². The molecule has 2 saturated heterocycles. The van der Waals surface area contributed by atoms with Gasteiger partial charge in [0, 0.05) is 37.3 Å². The van der Waals surface area contributed by atoms with E-state index in [0.29, 0.717) is 66.1 Å². The van der Waals surface area contributed by atoms with Gasteiger partial charge in [0.2, 0.25) is 0 Å². The molecule has 0 aliphatic carbocycles. The number of nitrogens with one attached hydrogen (secondary N) is 1. The van der Waals surface area contributed by atoms with Gasteiger partial charge in [0.1, 0.15) is 23.3 Å². The van der Waals surface area contributed by atoms with Crippen LogP contribution in [0, 0.1) is 28.6 Å². The number of hydrogen-bond donors (Lipinski definition) is 1. The molecule has 0 saturated carbocycles. The number of nitrogens with zero attached hydrogens (tertiary/aromatic N) is 5. The topological polar surface area (TPSA) is 86.5 Å². The van der Waals surface area contributed by atoms with Crippen molar-refractivity contribution in [2.75, 3.05) is 52.8 Å². The van der Waals surface area contributed by atoms with Crippen LogP contribution in [0.15, 0.2) is 48.7 Å². The molecule has 0 amide bonds. The molecule has 44 heavy (non-hydrogen) atoms. The number of methoxy groups -OCH3 is 2. The molecular weight excluding hydrogens is 595 g/mol. The molecule has 224 valence electrons. The summed E-state index contributed by atoms with van der Waals surface area (Å²) >= 11 is 12.7. The molecule has 2 fully saturated rings.